The van der Waals surface area contributed by atoms with Crippen molar-refractivity contribution in [1.82, 2.24) is 19.5 Å². The molecule has 3 aromatic heterocycles. The Balaban J connectivity index is 2.28. The van der Waals surface area contributed by atoms with Gasteiger partial charge in [-0.1, -0.05) is 0 Å². The lowest BCUT2D eigenvalue weighted by Gasteiger charge is -2.04. The monoisotopic (exact) mass is 253 g/mol. The lowest BCUT2D eigenvalue weighted by molar-refractivity contribution is 0.930. The minimum absolute atomic E-state index is 0.496. The van der Waals surface area contributed by atoms with Crippen LogP contribution < -0.4 is 5.73 Å². The predicted molar refractivity (Wildman–Crippen MR) is 74.4 cm³/mol. The van der Waals surface area contributed by atoms with E-state index in [4.69, 9.17) is 5.73 Å². The van der Waals surface area contributed by atoms with Crippen molar-refractivity contribution in [2.45, 2.75) is 13.5 Å². The Labute approximate surface area is 111 Å². The van der Waals surface area contributed by atoms with Crippen molar-refractivity contribution in [1.29, 1.82) is 0 Å². The van der Waals surface area contributed by atoms with Crippen molar-refractivity contribution in [2.75, 3.05) is 0 Å². The van der Waals surface area contributed by atoms with E-state index in [2.05, 4.69) is 15.0 Å². The van der Waals surface area contributed by atoms with Crippen LogP contribution in [0, 0.1) is 6.92 Å². The summed E-state index contributed by atoms with van der Waals surface area (Å²) in [5.41, 5.74) is 9.69. The SMILES string of the molecule is Cc1nc(-c2ccncc2)nc2c1c(CN)cn2C. The number of aromatic nitrogens is 4. The van der Waals surface area contributed by atoms with Crippen molar-refractivity contribution in [2.24, 2.45) is 12.8 Å². The van der Waals surface area contributed by atoms with Crippen LogP contribution in [0.1, 0.15) is 11.3 Å². The minimum Gasteiger partial charge on any atom is -0.335 e. The Hall–Kier alpha value is -2.27. The van der Waals surface area contributed by atoms with Crippen LogP contribution in [0.15, 0.2) is 30.7 Å². The van der Waals surface area contributed by atoms with Crippen LogP contribution in [0.2, 0.25) is 0 Å². The van der Waals surface area contributed by atoms with E-state index in [-0.39, 0.29) is 0 Å². The second-order valence-electron chi connectivity index (χ2n) is 4.54. The van der Waals surface area contributed by atoms with Gasteiger partial charge in [-0.05, 0) is 24.6 Å². The quantitative estimate of drug-likeness (QED) is 0.756. The van der Waals surface area contributed by atoms with Crippen molar-refractivity contribution in [3.63, 3.8) is 0 Å². The highest BCUT2D eigenvalue weighted by atomic mass is 15.0. The van der Waals surface area contributed by atoms with Crippen LogP contribution in [-0.4, -0.2) is 19.5 Å². The highest BCUT2D eigenvalue weighted by Crippen LogP contribution is 2.24. The molecular formula is C14H15N5. The third-order valence-corrected chi connectivity index (χ3v) is 3.23. The first-order valence-electron chi connectivity index (χ1n) is 6.13. The van der Waals surface area contributed by atoms with E-state index in [1.54, 1.807) is 12.4 Å². The summed E-state index contributed by atoms with van der Waals surface area (Å²) in [5, 5.41) is 1.06. The number of aryl methyl sites for hydroxylation is 2. The summed E-state index contributed by atoms with van der Waals surface area (Å²) in [6.07, 6.45) is 5.51. The van der Waals surface area contributed by atoms with Crippen molar-refractivity contribution in [3.8, 4) is 11.4 Å². The summed E-state index contributed by atoms with van der Waals surface area (Å²) >= 11 is 0. The number of pyridine rings is 1. The van der Waals surface area contributed by atoms with Crippen molar-refractivity contribution < 1.29 is 0 Å². The van der Waals surface area contributed by atoms with Crippen molar-refractivity contribution >= 4 is 11.0 Å². The van der Waals surface area contributed by atoms with Gasteiger partial charge in [0.1, 0.15) is 5.65 Å². The summed E-state index contributed by atoms with van der Waals surface area (Å²) in [6.45, 7) is 2.49. The Kier molecular flexibility index (Phi) is 2.76. The number of fused-ring (bicyclic) bond motifs is 1. The van der Waals surface area contributed by atoms with Gasteiger partial charge in [0.2, 0.25) is 0 Å². The summed E-state index contributed by atoms with van der Waals surface area (Å²) < 4.78 is 2.00. The van der Waals surface area contributed by atoms with Crippen LogP contribution in [0.3, 0.4) is 0 Å². The largest absolute Gasteiger partial charge is 0.335 e. The molecule has 0 aliphatic heterocycles. The van der Waals surface area contributed by atoms with E-state index >= 15 is 0 Å². The van der Waals surface area contributed by atoms with Gasteiger partial charge in [0.05, 0.1) is 5.69 Å². The first-order valence-corrected chi connectivity index (χ1v) is 6.13. The number of rotatable bonds is 2. The molecular weight excluding hydrogens is 238 g/mol. The normalized spacial score (nSPS) is 11.1. The number of hydrogen-bond acceptors (Lipinski definition) is 4. The first-order chi connectivity index (χ1) is 9.20. The maximum absolute atomic E-state index is 5.77. The average Bonchev–Trinajstić information content (AvgIpc) is 2.77. The molecule has 0 spiro atoms. The molecule has 3 rings (SSSR count). The molecule has 0 saturated heterocycles. The molecule has 0 aliphatic carbocycles. The van der Waals surface area contributed by atoms with Gasteiger partial charge in [0, 0.05) is 43.1 Å². The third-order valence-electron chi connectivity index (χ3n) is 3.23. The zero-order valence-corrected chi connectivity index (χ0v) is 11.0. The second-order valence-corrected chi connectivity index (χ2v) is 4.54. The van der Waals surface area contributed by atoms with Gasteiger partial charge < -0.3 is 10.3 Å². The highest BCUT2D eigenvalue weighted by Gasteiger charge is 2.13. The molecule has 96 valence electrons. The molecule has 0 bridgehead atoms. The van der Waals surface area contributed by atoms with E-state index in [1.807, 2.05) is 36.9 Å². The number of nitrogens with two attached hydrogens (primary N) is 1. The Bertz CT molecular complexity index is 730. The van der Waals surface area contributed by atoms with Gasteiger partial charge in [-0.25, -0.2) is 9.97 Å². The lowest BCUT2D eigenvalue weighted by Crippen LogP contribution is -1.98. The Morgan fingerprint density at radius 1 is 1.21 bits per heavy atom. The smallest absolute Gasteiger partial charge is 0.161 e. The van der Waals surface area contributed by atoms with Gasteiger partial charge in [-0.15, -0.1) is 0 Å². The van der Waals surface area contributed by atoms with Gasteiger partial charge in [0.25, 0.3) is 0 Å². The van der Waals surface area contributed by atoms with E-state index in [1.165, 1.54) is 0 Å². The predicted octanol–water partition coefficient (Wildman–Crippen LogP) is 1.80. The van der Waals surface area contributed by atoms with Crippen LogP contribution in [0.4, 0.5) is 0 Å². The summed E-state index contributed by atoms with van der Waals surface area (Å²) in [6, 6.07) is 3.82. The van der Waals surface area contributed by atoms with E-state index in [9.17, 15) is 0 Å². The molecule has 19 heavy (non-hydrogen) atoms. The average molecular weight is 253 g/mol. The first kappa shape index (κ1) is 11.8. The summed E-state index contributed by atoms with van der Waals surface area (Å²) in [5.74, 6) is 0.720. The van der Waals surface area contributed by atoms with Gasteiger partial charge >= 0.3 is 0 Å². The highest BCUT2D eigenvalue weighted by molar-refractivity contribution is 5.84. The fourth-order valence-electron chi connectivity index (χ4n) is 2.33. The minimum atomic E-state index is 0.496. The second kappa shape index (κ2) is 4.44. The lowest BCUT2D eigenvalue weighted by atomic mass is 10.2. The van der Waals surface area contributed by atoms with Gasteiger partial charge in [-0.2, -0.15) is 0 Å². The van der Waals surface area contributed by atoms with E-state index in [0.29, 0.717) is 6.54 Å². The Morgan fingerprint density at radius 2 is 1.95 bits per heavy atom. The maximum atomic E-state index is 5.77. The molecule has 5 nitrogen and oxygen atoms in total. The van der Waals surface area contributed by atoms with Crippen LogP contribution in [0.5, 0.6) is 0 Å². The molecule has 0 saturated carbocycles. The number of hydrogen-bond donors (Lipinski definition) is 1. The Morgan fingerprint density at radius 3 is 2.63 bits per heavy atom. The van der Waals surface area contributed by atoms with Crippen LogP contribution in [-0.2, 0) is 13.6 Å². The summed E-state index contributed by atoms with van der Waals surface area (Å²) in [7, 11) is 1.98. The maximum Gasteiger partial charge on any atom is 0.161 e. The van der Waals surface area contributed by atoms with Gasteiger partial charge in [0.15, 0.2) is 5.82 Å². The fourth-order valence-corrected chi connectivity index (χ4v) is 2.33. The van der Waals surface area contributed by atoms with E-state index < -0.39 is 0 Å². The third kappa shape index (κ3) is 1.88. The molecule has 0 fully saturated rings. The van der Waals surface area contributed by atoms with Crippen LogP contribution >= 0.6 is 0 Å². The zero-order chi connectivity index (χ0) is 13.4. The standard InChI is InChI=1S/C14H15N5/c1-9-12-11(7-15)8-19(2)14(12)18-13(17-9)10-3-5-16-6-4-10/h3-6,8H,7,15H2,1-2H3. The molecule has 0 atom stereocenters. The molecule has 0 aliphatic rings. The molecule has 0 amide bonds. The van der Waals surface area contributed by atoms with Crippen LogP contribution in [0.25, 0.3) is 22.4 Å². The van der Waals surface area contributed by atoms with Gasteiger partial charge in [-0.3, -0.25) is 4.98 Å². The number of nitrogens with zero attached hydrogens (tertiary/aromatic N) is 4. The molecule has 0 unspecified atom stereocenters. The molecule has 3 aromatic rings. The topological polar surface area (TPSA) is 69.6 Å². The molecule has 3 heterocycles. The van der Waals surface area contributed by atoms with E-state index in [0.717, 1.165) is 33.7 Å². The molecule has 5 heteroatoms. The molecule has 0 aromatic carbocycles. The fraction of sp³-hybridized carbons (Fsp3) is 0.214. The van der Waals surface area contributed by atoms with Crippen molar-refractivity contribution in [3.05, 3.63) is 42.0 Å². The summed E-state index contributed by atoms with van der Waals surface area (Å²) in [4.78, 5) is 13.2. The molecule has 0 radical (unpaired) electrons. The zero-order valence-electron chi connectivity index (χ0n) is 11.0. The molecule has 2 N–H and O–H groups in total.